The van der Waals surface area contributed by atoms with Gasteiger partial charge < -0.3 is 24.6 Å². The van der Waals surface area contributed by atoms with E-state index in [0.717, 1.165) is 73.9 Å². The first-order valence-corrected chi connectivity index (χ1v) is 15.1. The number of ether oxygens (including phenoxy) is 2. The number of benzene rings is 2. The minimum absolute atomic E-state index is 0.00764. The Morgan fingerprint density at radius 3 is 2.49 bits per heavy atom. The fourth-order valence-electron chi connectivity index (χ4n) is 6.30. The molecule has 0 spiro atoms. The lowest BCUT2D eigenvalue weighted by Gasteiger charge is -2.35. The number of carbonyl (C=O) groups excluding carboxylic acids is 2. The first-order chi connectivity index (χ1) is 20.2. The molecule has 3 heterocycles. The van der Waals surface area contributed by atoms with Crippen molar-refractivity contribution in [3.8, 4) is 0 Å². The van der Waals surface area contributed by atoms with Crippen LogP contribution in [0.25, 0.3) is 11.0 Å². The molecule has 218 valence electrons. The normalized spacial score (nSPS) is 20.7. The summed E-state index contributed by atoms with van der Waals surface area (Å²) in [6, 6.07) is 15.1. The van der Waals surface area contributed by atoms with Crippen molar-refractivity contribution in [3.05, 3.63) is 54.1 Å². The van der Waals surface area contributed by atoms with Gasteiger partial charge in [0.1, 0.15) is 18.1 Å². The Labute approximate surface area is 241 Å². The number of hydrogen-bond donors (Lipinski definition) is 1. The van der Waals surface area contributed by atoms with Gasteiger partial charge in [0.05, 0.1) is 24.8 Å². The molecule has 2 saturated heterocycles. The molecule has 0 bridgehead atoms. The molecule has 1 aromatic heterocycles. The summed E-state index contributed by atoms with van der Waals surface area (Å²) in [6.45, 7) is 4.09. The van der Waals surface area contributed by atoms with E-state index in [1.807, 2.05) is 36.4 Å². The van der Waals surface area contributed by atoms with Crippen LogP contribution in [0.3, 0.4) is 0 Å². The number of para-hydroxylation sites is 1. The van der Waals surface area contributed by atoms with Crippen molar-refractivity contribution in [2.45, 2.75) is 69.7 Å². The third-order valence-corrected chi connectivity index (χ3v) is 8.55. The average molecular weight is 561 g/mol. The van der Waals surface area contributed by atoms with Crippen LogP contribution in [0.15, 0.2) is 48.5 Å². The number of fused-ring (bicyclic) bond motifs is 1. The van der Waals surface area contributed by atoms with Gasteiger partial charge in [-0.05, 0) is 55.5 Å². The van der Waals surface area contributed by atoms with Crippen LogP contribution in [-0.4, -0.2) is 83.3 Å². The van der Waals surface area contributed by atoms with Crippen LogP contribution in [0.4, 0.5) is 5.69 Å². The molecule has 10 nitrogen and oxygen atoms in total. The van der Waals surface area contributed by atoms with Crippen LogP contribution >= 0.6 is 0 Å². The van der Waals surface area contributed by atoms with Crippen LogP contribution in [0, 0.1) is 0 Å². The summed E-state index contributed by atoms with van der Waals surface area (Å²) >= 11 is 0. The van der Waals surface area contributed by atoms with E-state index in [1.165, 1.54) is 6.42 Å². The number of hydrogen-bond acceptors (Lipinski definition) is 7. The Morgan fingerprint density at radius 2 is 1.73 bits per heavy atom. The number of nitrogens with one attached hydrogen (secondary N) is 1. The molecular formula is C31H40N6O4. The topological polar surface area (TPSA) is 102 Å². The number of amides is 2. The molecular weight excluding hydrogens is 520 g/mol. The second-order valence-corrected chi connectivity index (χ2v) is 11.4. The molecule has 1 N–H and O–H groups in total. The molecule has 0 unspecified atom stereocenters. The Balaban J connectivity index is 1.31. The van der Waals surface area contributed by atoms with Gasteiger partial charge in [0.25, 0.3) is 0 Å². The van der Waals surface area contributed by atoms with E-state index in [1.54, 1.807) is 9.58 Å². The van der Waals surface area contributed by atoms with Gasteiger partial charge in [-0.2, -0.15) is 0 Å². The van der Waals surface area contributed by atoms with Crippen molar-refractivity contribution >= 4 is 28.5 Å². The lowest BCUT2D eigenvalue weighted by atomic mass is 9.94. The summed E-state index contributed by atoms with van der Waals surface area (Å²) < 4.78 is 13.1. The van der Waals surface area contributed by atoms with Gasteiger partial charge in [0.15, 0.2) is 0 Å². The SMILES string of the molecule is O=C(NC1CCCCC1)[C@H](c1ccc(N2CCOCC2)cc1)N(C[C@@H]1CCCO1)C(=O)Cn1nnc2ccccc21. The fourth-order valence-corrected chi connectivity index (χ4v) is 6.30. The molecule has 3 fully saturated rings. The number of aromatic nitrogens is 3. The Hall–Kier alpha value is -3.50. The van der Waals surface area contributed by atoms with Crippen LogP contribution in [0.5, 0.6) is 0 Å². The van der Waals surface area contributed by atoms with Crippen LogP contribution < -0.4 is 10.2 Å². The lowest BCUT2D eigenvalue weighted by Crippen LogP contribution is -2.50. The lowest BCUT2D eigenvalue weighted by molar-refractivity contribution is -0.143. The maximum Gasteiger partial charge on any atom is 0.247 e. The van der Waals surface area contributed by atoms with E-state index in [-0.39, 0.29) is 30.5 Å². The molecule has 1 saturated carbocycles. The van der Waals surface area contributed by atoms with Crippen molar-refractivity contribution in [2.75, 3.05) is 44.4 Å². The van der Waals surface area contributed by atoms with E-state index >= 15 is 0 Å². The minimum Gasteiger partial charge on any atom is -0.378 e. The smallest absolute Gasteiger partial charge is 0.247 e. The Bertz CT molecular complexity index is 1310. The first kappa shape index (κ1) is 27.7. The number of nitrogens with zero attached hydrogens (tertiary/aromatic N) is 5. The monoisotopic (exact) mass is 560 g/mol. The molecule has 2 atom stereocenters. The molecule has 2 aromatic carbocycles. The zero-order valence-corrected chi connectivity index (χ0v) is 23.6. The van der Waals surface area contributed by atoms with Crippen LogP contribution in [0.2, 0.25) is 0 Å². The quantitative estimate of drug-likeness (QED) is 0.428. The highest BCUT2D eigenvalue weighted by Crippen LogP contribution is 2.29. The van der Waals surface area contributed by atoms with E-state index in [9.17, 15) is 9.59 Å². The fraction of sp³-hybridized carbons (Fsp3) is 0.548. The predicted octanol–water partition coefficient (Wildman–Crippen LogP) is 3.47. The largest absolute Gasteiger partial charge is 0.378 e. The zero-order valence-electron chi connectivity index (χ0n) is 23.6. The van der Waals surface area contributed by atoms with E-state index in [0.29, 0.717) is 26.4 Å². The maximum absolute atomic E-state index is 14.1. The second-order valence-electron chi connectivity index (χ2n) is 11.4. The minimum atomic E-state index is -0.776. The van der Waals surface area contributed by atoms with E-state index in [2.05, 4.69) is 32.7 Å². The van der Waals surface area contributed by atoms with Crippen LogP contribution in [-0.2, 0) is 25.6 Å². The summed E-state index contributed by atoms with van der Waals surface area (Å²) in [7, 11) is 0. The predicted molar refractivity (Wildman–Crippen MR) is 155 cm³/mol. The zero-order chi connectivity index (χ0) is 28.0. The molecule has 10 heteroatoms. The standard InChI is InChI=1S/C31H40N6O4/c38-29(22-37-28-11-5-4-10-27(28)33-34-37)36(21-26-9-6-18-41-26)30(31(39)32-24-7-2-1-3-8-24)23-12-14-25(15-13-23)35-16-19-40-20-17-35/h4-5,10-15,24,26,30H,1-3,6-9,16-22H2,(H,32,39)/t26-,30-/m0/s1. The number of carbonyl (C=O) groups is 2. The van der Waals surface area contributed by atoms with Gasteiger partial charge in [-0.25, -0.2) is 4.68 Å². The molecule has 6 rings (SSSR count). The summed E-state index contributed by atoms with van der Waals surface area (Å²) in [6.07, 6.45) is 7.08. The van der Waals surface area contributed by atoms with Crippen molar-refractivity contribution in [2.24, 2.45) is 0 Å². The number of rotatable bonds is 9. The van der Waals surface area contributed by atoms with Gasteiger partial charge in [-0.1, -0.05) is 48.7 Å². The Kier molecular flexibility index (Phi) is 8.77. The highest BCUT2D eigenvalue weighted by molar-refractivity contribution is 5.89. The Morgan fingerprint density at radius 1 is 0.951 bits per heavy atom. The molecule has 1 aliphatic carbocycles. The number of morpholine rings is 1. The molecule has 3 aromatic rings. The summed E-state index contributed by atoms with van der Waals surface area (Å²) in [4.78, 5) is 32.3. The van der Waals surface area contributed by atoms with Gasteiger partial charge in [0.2, 0.25) is 11.8 Å². The number of anilines is 1. The highest BCUT2D eigenvalue weighted by atomic mass is 16.5. The van der Waals surface area contributed by atoms with Crippen molar-refractivity contribution < 1.29 is 19.1 Å². The van der Waals surface area contributed by atoms with Crippen LogP contribution in [0.1, 0.15) is 56.6 Å². The third-order valence-electron chi connectivity index (χ3n) is 8.55. The van der Waals surface area contributed by atoms with Crippen molar-refractivity contribution in [3.63, 3.8) is 0 Å². The highest BCUT2D eigenvalue weighted by Gasteiger charge is 2.35. The van der Waals surface area contributed by atoms with Gasteiger partial charge >= 0.3 is 0 Å². The van der Waals surface area contributed by atoms with Crippen molar-refractivity contribution in [1.29, 1.82) is 0 Å². The average Bonchev–Trinajstić information content (AvgIpc) is 3.68. The van der Waals surface area contributed by atoms with Gasteiger partial charge in [-0.3, -0.25) is 9.59 Å². The first-order valence-electron chi connectivity index (χ1n) is 15.1. The maximum atomic E-state index is 14.1. The summed E-state index contributed by atoms with van der Waals surface area (Å²) in [5.41, 5.74) is 3.41. The van der Waals surface area contributed by atoms with E-state index < -0.39 is 6.04 Å². The second kappa shape index (κ2) is 13.0. The molecule has 2 aliphatic heterocycles. The molecule has 3 aliphatic rings. The van der Waals surface area contributed by atoms with Gasteiger partial charge in [-0.15, -0.1) is 5.10 Å². The third kappa shape index (κ3) is 6.54. The van der Waals surface area contributed by atoms with E-state index in [4.69, 9.17) is 9.47 Å². The molecule has 2 amide bonds. The van der Waals surface area contributed by atoms with Crippen molar-refractivity contribution in [1.82, 2.24) is 25.2 Å². The van der Waals surface area contributed by atoms with Gasteiger partial charge in [0, 0.05) is 38.0 Å². The summed E-state index contributed by atoms with van der Waals surface area (Å²) in [5, 5.41) is 11.8. The molecule has 0 radical (unpaired) electrons. The summed E-state index contributed by atoms with van der Waals surface area (Å²) in [5.74, 6) is -0.317. The molecule has 41 heavy (non-hydrogen) atoms.